The highest BCUT2D eigenvalue weighted by Gasteiger charge is 2.50. The van der Waals surface area contributed by atoms with Crippen molar-refractivity contribution in [2.45, 2.75) is 63.3 Å². The number of fused-ring (bicyclic) bond motifs is 1. The number of rotatable bonds is 11. The lowest BCUT2D eigenvalue weighted by Gasteiger charge is -2.38. The molecule has 0 unspecified atom stereocenters. The molecule has 0 aliphatic carbocycles. The molecule has 0 radical (unpaired) electrons. The summed E-state index contributed by atoms with van der Waals surface area (Å²) in [5.74, 6) is -0.604. The fourth-order valence-corrected chi connectivity index (χ4v) is 3.24. The number of hydrogen-bond donors (Lipinski definition) is 1. The Bertz CT molecular complexity index is 444. The summed E-state index contributed by atoms with van der Waals surface area (Å²) in [6.45, 7) is 6.50. The molecule has 2 aliphatic heterocycles. The van der Waals surface area contributed by atoms with Crippen LogP contribution in [0.4, 0.5) is 0 Å². The molecule has 25 heavy (non-hydrogen) atoms. The van der Waals surface area contributed by atoms with Crippen molar-refractivity contribution in [3.8, 4) is 0 Å². The minimum absolute atomic E-state index is 0.0251. The highest BCUT2D eigenvalue weighted by Crippen LogP contribution is 2.34. The molecule has 0 spiro atoms. The van der Waals surface area contributed by atoms with E-state index in [1.165, 1.54) is 0 Å². The molecular formula is C16H30N4O5. The van der Waals surface area contributed by atoms with Crippen LogP contribution in [0.15, 0.2) is 5.11 Å². The lowest BCUT2D eigenvalue weighted by Crippen LogP contribution is -2.61. The van der Waals surface area contributed by atoms with E-state index in [0.29, 0.717) is 26.3 Å². The fraction of sp³-hybridized carbons (Fsp3) is 1.00. The van der Waals surface area contributed by atoms with Crippen LogP contribution >= 0.6 is 0 Å². The molecule has 0 bridgehead atoms. The molecule has 1 N–H and O–H groups in total. The van der Waals surface area contributed by atoms with Crippen molar-refractivity contribution in [2.75, 3.05) is 40.2 Å². The van der Waals surface area contributed by atoms with E-state index in [9.17, 15) is 0 Å². The smallest absolute Gasteiger partial charge is 0.163 e. The van der Waals surface area contributed by atoms with Crippen molar-refractivity contribution in [1.82, 2.24) is 5.32 Å². The third-order valence-electron chi connectivity index (χ3n) is 4.31. The number of piperidine rings is 1. The van der Waals surface area contributed by atoms with Crippen LogP contribution in [-0.2, 0) is 23.7 Å². The fourth-order valence-electron chi connectivity index (χ4n) is 3.24. The summed E-state index contributed by atoms with van der Waals surface area (Å²) in [6, 6.07) is 0.0251. The van der Waals surface area contributed by atoms with Gasteiger partial charge in [-0.3, -0.25) is 0 Å². The first kappa shape index (κ1) is 20.4. The largest absolute Gasteiger partial charge is 0.380 e. The molecule has 2 saturated heterocycles. The molecule has 0 aromatic carbocycles. The third-order valence-corrected chi connectivity index (χ3v) is 4.31. The molecule has 0 saturated carbocycles. The van der Waals surface area contributed by atoms with Gasteiger partial charge in [-0.2, -0.15) is 0 Å². The molecule has 2 rings (SSSR count). The Kier molecular flexibility index (Phi) is 8.38. The number of methoxy groups -OCH3 is 1. The maximum absolute atomic E-state index is 8.22. The van der Waals surface area contributed by atoms with Gasteiger partial charge in [-0.25, -0.2) is 0 Å². The van der Waals surface area contributed by atoms with Gasteiger partial charge >= 0.3 is 0 Å². The molecule has 4 atom stereocenters. The summed E-state index contributed by atoms with van der Waals surface area (Å²) in [5, 5.41) is 6.96. The van der Waals surface area contributed by atoms with E-state index >= 15 is 0 Å². The summed E-state index contributed by atoms with van der Waals surface area (Å²) in [5.41, 5.74) is 8.22. The van der Waals surface area contributed by atoms with Crippen LogP contribution in [0, 0.1) is 0 Å². The van der Waals surface area contributed by atoms with Gasteiger partial charge in [0.15, 0.2) is 5.79 Å². The van der Waals surface area contributed by atoms with Gasteiger partial charge in [0.1, 0.15) is 25.1 Å². The molecule has 2 heterocycles. The molecule has 0 aromatic rings. The zero-order valence-corrected chi connectivity index (χ0v) is 15.3. The zero-order valence-electron chi connectivity index (χ0n) is 15.3. The molecule has 2 aliphatic rings. The lowest BCUT2D eigenvalue weighted by molar-refractivity contribution is -0.176. The predicted molar refractivity (Wildman–Crippen MR) is 91.0 cm³/mol. The van der Waals surface area contributed by atoms with Crippen LogP contribution in [0.5, 0.6) is 0 Å². The van der Waals surface area contributed by atoms with Gasteiger partial charge in [-0.15, -0.1) is 0 Å². The quantitative estimate of drug-likeness (QED) is 0.199. The van der Waals surface area contributed by atoms with E-state index in [0.717, 1.165) is 19.3 Å². The van der Waals surface area contributed by atoms with Crippen LogP contribution in [-0.4, -0.2) is 70.3 Å². The normalized spacial score (nSPS) is 30.7. The summed E-state index contributed by atoms with van der Waals surface area (Å²) < 4.78 is 28.7. The van der Waals surface area contributed by atoms with Crippen molar-refractivity contribution < 1.29 is 23.7 Å². The molecule has 2 fully saturated rings. The van der Waals surface area contributed by atoms with Crippen LogP contribution in [0.1, 0.15) is 33.1 Å². The SMILES string of the molecule is COCO[C@H]1[C@@H]2OC(C)(C)O[C@@H]2CN[C@@H]1COCCCCCN=[N+]=[N-]. The van der Waals surface area contributed by atoms with Crippen molar-refractivity contribution in [3.05, 3.63) is 10.4 Å². The minimum Gasteiger partial charge on any atom is -0.380 e. The summed E-state index contributed by atoms with van der Waals surface area (Å²) in [6.07, 6.45) is 2.45. The average molecular weight is 358 g/mol. The Morgan fingerprint density at radius 3 is 2.88 bits per heavy atom. The standard InChI is InChI=1S/C16H30N4O5/c1-16(2)24-13-9-18-12(14(15(13)25-16)23-11-21-3)10-22-8-6-4-5-7-19-20-17/h12-15,18H,4-11H2,1-3H3/t12-,13-,14-,15-/m1/s1. The van der Waals surface area contributed by atoms with Crippen LogP contribution < -0.4 is 5.32 Å². The molecule has 0 aromatic heterocycles. The number of hydrogen-bond acceptors (Lipinski definition) is 7. The van der Waals surface area contributed by atoms with E-state index in [-0.39, 0.29) is 31.1 Å². The number of nitrogens with zero attached hydrogens (tertiary/aromatic N) is 3. The first-order valence-corrected chi connectivity index (χ1v) is 8.85. The third kappa shape index (κ3) is 6.38. The van der Waals surface area contributed by atoms with Crippen LogP contribution in [0.2, 0.25) is 0 Å². The van der Waals surface area contributed by atoms with Gasteiger partial charge in [-0.1, -0.05) is 11.5 Å². The molecule has 0 amide bonds. The number of unbranched alkanes of at least 4 members (excludes halogenated alkanes) is 2. The van der Waals surface area contributed by atoms with Gasteiger partial charge in [0.25, 0.3) is 0 Å². The van der Waals surface area contributed by atoms with E-state index < -0.39 is 5.79 Å². The number of nitrogens with one attached hydrogen (secondary N) is 1. The maximum atomic E-state index is 8.22. The zero-order chi connectivity index (χ0) is 18.1. The van der Waals surface area contributed by atoms with Crippen LogP contribution in [0.25, 0.3) is 10.4 Å². The summed E-state index contributed by atoms with van der Waals surface area (Å²) in [7, 11) is 1.60. The minimum atomic E-state index is -0.604. The first-order valence-electron chi connectivity index (χ1n) is 8.85. The van der Waals surface area contributed by atoms with E-state index in [1.807, 2.05) is 13.8 Å². The van der Waals surface area contributed by atoms with Crippen molar-refractivity contribution in [2.24, 2.45) is 5.11 Å². The maximum Gasteiger partial charge on any atom is 0.163 e. The van der Waals surface area contributed by atoms with Crippen molar-refractivity contribution in [1.29, 1.82) is 0 Å². The Morgan fingerprint density at radius 2 is 2.12 bits per heavy atom. The van der Waals surface area contributed by atoms with E-state index in [1.54, 1.807) is 7.11 Å². The van der Waals surface area contributed by atoms with E-state index in [2.05, 4.69) is 15.3 Å². The highest BCUT2D eigenvalue weighted by atomic mass is 16.8. The van der Waals surface area contributed by atoms with Crippen LogP contribution in [0.3, 0.4) is 0 Å². The highest BCUT2D eigenvalue weighted by molar-refractivity contribution is 4.99. The Balaban J connectivity index is 1.75. The molecule has 144 valence electrons. The molecular weight excluding hydrogens is 328 g/mol. The van der Waals surface area contributed by atoms with Gasteiger partial charge < -0.3 is 29.0 Å². The monoisotopic (exact) mass is 358 g/mol. The van der Waals surface area contributed by atoms with Gasteiger partial charge in [0.05, 0.1) is 12.6 Å². The Hall–Kier alpha value is -0.930. The topological polar surface area (TPSA) is 107 Å². The van der Waals surface area contributed by atoms with Gasteiger partial charge in [-0.05, 0) is 32.2 Å². The predicted octanol–water partition coefficient (Wildman–Crippen LogP) is 1.96. The first-order chi connectivity index (χ1) is 12.1. The second-order valence-corrected chi connectivity index (χ2v) is 6.78. The summed E-state index contributed by atoms with van der Waals surface area (Å²) in [4.78, 5) is 2.74. The lowest BCUT2D eigenvalue weighted by atomic mass is 9.96. The number of ether oxygens (including phenoxy) is 5. The second-order valence-electron chi connectivity index (χ2n) is 6.78. The van der Waals surface area contributed by atoms with Gasteiger partial charge in [0.2, 0.25) is 0 Å². The Labute approximate surface area is 148 Å². The summed E-state index contributed by atoms with van der Waals surface area (Å²) >= 11 is 0. The Morgan fingerprint density at radius 1 is 1.28 bits per heavy atom. The number of azide groups is 1. The van der Waals surface area contributed by atoms with E-state index in [4.69, 9.17) is 29.2 Å². The molecule has 9 heteroatoms. The van der Waals surface area contributed by atoms with Crippen molar-refractivity contribution in [3.63, 3.8) is 0 Å². The second kappa shape index (κ2) is 10.3. The molecule has 9 nitrogen and oxygen atoms in total. The van der Waals surface area contributed by atoms with Crippen molar-refractivity contribution >= 4 is 0 Å². The van der Waals surface area contributed by atoms with Gasteiger partial charge in [0, 0.05) is 31.7 Å². The average Bonchev–Trinajstić information content (AvgIpc) is 2.90.